The molecule has 0 aliphatic rings. The molecule has 11 heteroatoms. The third kappa shape index (κ3) is 9.29. The zero-order valence-electron chi connectivity index (χ0n) is 24.2. The zero-order valence-corrected chi connectivity index (χ0v) is 27.6. The Morgan fingerprint density at radius 1 is 1.13 bits per heavy atom. The number of hydrogen-bond donors (Lipinski definition) is 1. The van der Waals surface area contributed by atoms with Gasteiger partial charge in [-0.2, -0.15) is 0 Å². The fourth-order valence-electron chi connectivity index (χ4n) is 3.61. The Morgan fingerprint density at radius 2 is 1.79 bits per heavy atom. The minimum absolute atomic E-state index is 0.137. The number of sulfonamides is 1. The Morgan fingerprint density at radius 3 is 2.39 bits per heavy atom. The van der Waals surface area contributed by atoms with Gasteiger partial charge in [0.25, 0.3) is 0 Å². The van der Waals surface area contributed by atoms with Gasteiger partial charge in [0.05, 0.1) is 4.90 Å². The van der Waals surface area contributed by atoms with Crippen LogP contribution in [0.4, 0.5) is 4.79 Å². The van der Waals surface area contributed by atoms with Gasteiger partial charge in [-0.3, -0.25) is 4.98 Å². The minimum Gasteiger partial charge on any atom is -0.444 e. The van der Waals surface area contributed by atoms with Gasteiger partial charge >= 0.3 is 6.09 Å². The van der Waals surface area contributed by atoms with E-state index >= 15 is 0 Å². The van der Waals surface area contributed by atoms with E-state index in [1.54, 1.807) is 36.4 Å². The van der Waals surface area contributed by atoms with E-state index in [0.29, 0.717) is 28.4 Å². The third-order valence-corrected chi connectivity index (χ3v) is 13.4. The standard InChI is InChI=1S/C27H44BrN3O5SSi/c1-20(30-37(33,34)23-14-12-13-21-17-29-18-22(28)24(21)23)19-31(25(32)36-26(2,3)4)15-10-11-16-35-38(8,9)27(5,6)7/h12-14,17-18,20,30H,10-11,15-16,19H2,1-9H3/t20-/m0/s1. The number of fused-ring (bicyclic) bond motifs is 1. The van der Waals surface area contributed by atoms with Crippen LogP contribution >= 0.6 is 15.9 Å². The van der Waals surface area contributed by atoms with Gasteiger partial charge in [-0.1, -0.05) is 32.9 Å². The molecule has 2 aromatic rings. The van der Waals surface area contributed by atoms with Crippen molar-refractivity contribution in [3.8, 4) is 0 Å². The molecule has 214 valence electrons. The van der Waals surface area contributed by atoms with Crippen molar-refractivity contribution in [3.63, 3.8) is 0 Å². The highest BCUT2D eigenvalue weighted by Gasteiger charge is 2.36. The highest BCUT2D eigenvalue weighted by molar-refractivity contribution is 9.10. The second kappa shape index (κ2) is 12.8. The molecule has 0 aliphatic heterocycles. The maximum atomic E-state index is 13.4. The highest BCUT2D eigenvalue weighted by Crippen LogP contribution is 2.36. The van der Waals surface area contributed by atoms with E-state index in [1.165, 1.54) is 0 Å². The number of aromatic nitrogens is 1. The quantitative estimate of drug-likeness (QED) is 0.219. The number of carbonyl (C=O) groups is 1. The topological polar surface area (TPSA) is 97.8 Å². The Kier molecular flexibility index (Phi) is 11.0. The van der Waals surface area contributed by atoms with Crippen LogP contribution in [0.15, 0.2) is 40.0 Å². The summed E-state index contributed by atoms with van der Waals surface area (Å²) >= 11 is 3.43. The molecule has 0 radical (unpaired) electrons. The largest absolute Gasteiger partial charge is 0.444 e. The summed E-state index contributed by atoms with van der Waals surface area (Å²) in [5.74, 6) is 0. The number of nitrogens with zero attached hydrogens (tertiary/aromatic N) is 2. The molecule has 0 bridgehead atoms. The summed E-state index contributed by atoms with van der Waals surface area (Å²) in [5.41, 5.74) is -0.660. The first-order chi connectivity index (χ1) is 17.3. The van der Waals surface area contributed by atoms with Crippen LogP contribution in [0.25, 0.3) is 10.8 Å². The number of amides is 1. The predicted octanol–water partition coefficient (Wildman–Crippen LogP) is 6.70. The molecule has 0 fully saturated rings. The average Bonchev–Trinajstić information content (AvgIpc) is 2.75. The normalized spacial score (nSPS) is 13.9. The molecule has 1 amide bonds. The predicted molar refractivity (Wildman–Crippen MR) is 159 cm³/mol. The molecule has 0 saturated heterocycles. The van der Waals surface area contributed by atoms with Crippen molar-refractivity contribution in [1.29, 1.82) is 0 Å². The number of rotatable bonds is 11. The molecular formula is C27H44BrN3O5SSi. The molecule has 2 rings (SSSR count). The summed E-state index contributed by atoms with van der Waals surface area (Å²) in [6.45, 7) is 19.5. The second-order valence-corrected chi connectivity index (χ2v) is 19.6. The lowest BCUT2D eigenvalue weighted by Crippen LogP contribution is -2.46. The molecule has 1 aromatic carbocycles. The molecule has 0 unspecified atom stereocenters. The molecule has 0 saturated carbocycles. The fourth-order valence-corrected chi connectivity index (χ4v) is 6.88. The fraction of sp³-hybridized carbons (Fsp3) is 0.630. The van der Waals surface area contributed by atoms with Gasteiger partial charge in [0.15, 0.2) is 8.32 Å². The summed E-state index contributed by atoms with van der Waals surface area (Å²) in [4.78, 5) is 18.8. The van der Waals surface area contributed by atoms with E-state index in [-0.39, 0.29) is 16.5 Å². The molecule has 1 aromatic heterocycles. The first-order valence-corrected chi connectivity index (χ1v) is 18.2. The van der Waals surface area contributed by atoms with E-state index in [1.807, 2.05) is 26.8 Å². The summed E-state index contributed by atoms with van der Waals surface area (Å²) in [6, 6.07) is 4.52. The van der Waals surface area contributed by atoms with E-state index < -0.39 is 36.1 Å². The van der Waals surface area contributed by atoms with Gasteiger partial charge in [-0.15, -0.1) is 0 Å². The SMILES string of the molecule is C[C@@H](CN(CCCCO[Si](C)(C)C(C)(C)C)C(=O)OC(C)(C)C)NS(=O)(=O)c1cccc2cncc(Br)c12. The number of hydrogen-bond acceptors (Lipinski definition) is 6. The summed E-state index contributed by atoms with van der Waals surface area (Å²) in [5, 5.41) is 1.41. The van der Waals surface area contributed by atoms with Gasteiger partial charge in [0, 0.05) is 53.4 Å². The van der Waals surface area contributed by atoms with Gasteiger partial charge < -0.3 is 14.1 Å². The lowest BCUT2D eigenvalue weighted by atomic mass is 10.2. The number of unbranched alkanes of at least 4 members (excludes halogenated alkanes) is 1. The van der Waals surface area contributed by atoms with Gasteiger partial charge in [-0.25, -0.2) is 17.9 Å². The number of benzene rings is 1. The maximum Gasteiger partial charge on any atom is 0.410 e. The lowest BCUT2D eigenvalue weighted by molar-refractivity contribution is 0.0233. The van der Waals surface area contributed by atoms with Crippen LogP contribution in [0, 0.1) is 0 Å². The smallest absolute Gasteiger partial charge is 0.410 e. The zero-order chi connectivity index (χ0) is 28.9. The first-order valence-electron chi connectivity index (χ1n) is 13.0. The van der Waals surface area contributed by atoms with Crippen LogP contribution in [0.3, 0.4) is 0 Å². The number of halogens is 1. The lowest BCUT2D eigenvalue weighted by Gasteiger charge is -2.36. The average molecular weight is 631 g/mol. The molecule has 38 heavy (non-hydrogen) atoms. The van der Waals surface area contributed by atoms with Crippen molar-refractivity contribution in [1.82, 2.24) is 14.6 Å². The number of nitrogens with one attached hydrogen (secondary N) is 1. The number of carbonyl (C=O) groups excluding carboxylic acids is 1. The number of pyridine rings is 1. The van der Waals surface area contributed by atoms with Gasteiger partial charge in [0.2, 0.25) is 10.0 Å². The molecule has 0 spiro atoms. The van der Waals surface area contributed by atoms with Crippen LogP contribution in [-0.4, -0.2) is 64.1 Å². The molecule has 8 nitrogen and oxygen atoms in total. The highest BCUT2D eigenvalue weighted by atomic mass is 79.9. The molecule has 1 N–H and O–H groups in total. The Labute approximate surface area is 238 Å². The Hall–Kier alpha value is -1.53. The first kappa shape index (κ1) is 32.7. The summed E-state index contributed by atoms with van der Waals surface area (Å²) < 4.78 is 41.9. The summed E-state index contributed by atoms with van der Waals surface area (Å²) in [7, 11) is -5.71. The van der Waals surface area contributed by atoms with Crippen molar-refractivity contribution in [2.75, 3.05) is 19.7 Å². The van der Waals surface area contributed by atoms with Crippen molar-refractivity contribution in [2.24, 2.45) is 0 Å². The molecule has 1 heterocycles. The number of ether oxygens (including phenoxy) is 1. The Bertz CT molecular complexity index is 1200. The monoisotopic (exact) mass is 629 g/mol. The minimum atomic E-state index is -3.88. The van der Waals surface area contributed by atoms with Crippen LogP contribution in [0.5, 0.6) is 0 Å². The van der Waals surface area contributed by atoms with Crippen molar-refractivity contribution < 1.29 is 22.4 Å². The van der Waals surface area contributed by atoms with Gasteiger partial charge in [-0.05, 0) is 80.7 Å². The van der Waals surface area contributed by atoms with Crippen molar-refractivity contribution in [3.05, 3.63) is 35.1 Å². The Balaban J connectivity index is 2.11. The van der Waals surface area contributed by atoms with E-state index in [2.05, 4.69) is 59.5 Å². The summed E-state index contributed by atoms with van der Waals surface area (Å²) in [6.07, 6.45) is 4.25. The maximum absolute atomic E-state index is 13.4. The van der Waals surface area contributed by atoms with Crippen molar-refractivity contribution in [2.45, 2.75) is 96.0 Å². The van der Waals surface area contributed by atoms with Gasteiger partial charge in [0.1, 0.15) is 5.60 Å². The molecular weight excluding hydrogens is 586 g/mol. The third-order valence-electron chi connectivity index (χ3n) is 6.58. The second-order valence-electron chi connectivity index (χ2n) is 12.2. The van der Waals surface area contributed by atoms with Crippen LogP contribution in [0.2, 0.25) is 18.1 Å². The van der Waals surface area contributed by atoms with Crippen LogP contribution < -0.4 is 4.72 Å². The van der Waals surface area contributed by atoms with Crippen molar-refractivity contribution >= 4 is 51.1 Å². The molecule has 1 atom stereocenters. The van der Waals surface area contributed by atoms with E-state index in [9.17, 15) is 13.2 Å². The van der Waals surface area contributed by atoms with E-state index in [0.717, 1.165) is 12.8 Å². The van der Waals surface area contributed by atoms with E-state index in [4.69, 9.17) is 9.16 Å². The molecule has 0 aliphatic carbocycles. The van der Waals surface area contributed by atoms with Crippen LogP contribution in [-0.2, 0) is 19.2 Å². The van der Waals surface area contributed by atoms with Crippen LogP contribution in [0.1, 0.15) is 61.3 Å².